The van der Waals surface area contributed by atoms with Gasteiger partial charge in [0.25, 0.3) is 0 Å². The molecule has 5 fully saturated rings. The lowest BCUT2D eigenvalue weighted by Gasteiger charge is -2.70. The monoisotopic (exact) mass is 496 g/mol. The number of hydrogen-bond donors (Lipinski definition) is 3. The molecule has 0 aromatic heterocycles. The minimum absolute atomic E-state index is 0.0142. The predicted octanol–water partition coefficient (Wildman–Crippen LogP) is 4.02. The molecule has 3 N–H and O–H groups in total. The Kier molecular flexibility index (Phi) is 5.51. The molecule has 0 bridgehead atoms. The van der Waals surface area contributed by atoms with Crippen molar-refractivity contribution in [2.24, 2.45) is 45.6 Å². The van der Waals surface area contributed by atoms with Gasteiger partial charge in [0.05, 0.1) is 17.8 Å². The number of ether oxygens (including phenoxy) is 2. The molecule has 7 nitrogen and oxygen atoms in total. The fourth-order valence-electron chi connectivity index (χ4n) is 9.11. The van der Waals surface area contributed by atoms with E-state index >= 15 is 0 Å². The second-order valence-electron chi connectivity index (χ2n) is 12.9. The van der Waals surface area contributed by atoms with Crippen LogP contribution in [0.15, 0.2) is 35.5 Å². The van der Waals surface area contributed by atoms with Crippen LogP contribution >= 0.6 is 0 Å². The van der Waals surface area contributed by atoms with Crippen LogP contribution in [0.4, 0.5) is 0 Å². The van der Waals surface area contributed by atoms with Gasteiger partial charge in [-0.05, 0) is 49.7 Å². The van der Waals surface area contributed by atoms with Gasteiger partial charge in [-0.25, -0.2) is 0 Å². The van der Waals surface area contributed by atoms with Crippen molar-refractivity contribution in [1.82, 2.24) is 5.32 Å². The van der Waals surface area contributed by atoms with E-state index in [0.29, 0.717) is 31.0 Å². The van der Waals surface area contributed by atoms with E-state index < -0.39 is 23.2 Å². The molecular formula is C29H40N2O5. The molecule has 3 saturated carbocycles. The van der Waals surface area contributed by atoms with Crippen molar-refractivity contribution in [3.8, 4) is 5.75 Å². The summed E-state index contributed by atoms with van der Waals surface area (Å²) >= 11 is 0. The lowest BCUT2D eigenvalue weighted by atomic mass is 9.42. The topological polar surface area (TPSA) is 100 Å². The molecule has 1 aromatic carbocycles. The molecule has 1 aromatic rings. The third kappa shape index (κ3) is 3.17. The Morgan fingerprint density at radius 1 is 1.11 bits per heavy atom. The summed E-state index contributed by atoms with van der Waals surface area (Å²) in [5, 5.41) is 28.4. The largest absolute Gasteiger partial charge is 0.484 e. The number of hydrogen-bond acceptors (Lipinski definition) is 6. The number of nitrogens with zero attached hydrogens (tertiary/aromatic N) is 1. The van der Waals surface area contributed by atoms with E-state index in [2.05, 4.69) is 38.2 Å². The average molecular weight is 497 g/mol. The van der Waals surface area contributed by atoms with Gasteiger partial charge >= 0.3 is 0 Å². The standard InChI is InChI=1S/C29H40N2O5/c1-16-10-11-23-27(2,3)25(31-34)22(35-17-8-6-5-7-9-17)14-29(23)28(16,4)13-19-21(32)12-18-20(24(19)36-29)15-30-26(18)33/h5-9,16,18-24,32,34H,10-15H2,1-4H3,(H,30,33). The molecule has 36 heavy (non-hydrogen) atoms. The third-order valence-corrected chi connectivity index (χ3v) is 11.2. The lowest BCUT2D eigenvalue weighted by Crippen LogP contribution is -2.74. The van der Waals surface area contributed by atoms with Crippen molar-refractivity contribution in [2.75, 3.05) is 6.54 Å². The van der Waals surface area contributed by atoms with Gasteiger partial charge in [0.2, 0.25) is 5.91 Å². The zero-order chi connectivity index (χ0) is 25.5. The summed E-state index contributed by atoms with van der Waals surface area (Å²) in [5.41, 5.74) is -0.478. The molecule has 10 unspecified atom stereocenters. The summed E-state index contributed by atoms with van der Waals surface area (Å²) in [6.45, 7) is 9.63. The van der Waals surface area contributed by atoms with Gasteiger partial charge in [-0.1, -0.05) is 51.0 Å². The maximum Gasteiger partial charge on any atom is 0.223 e. The highest BCUT2D eigenvalue weighted by Crippen LogP contribution is 2.68. The highest BCUT2D eigenvalue weighted by atomic mass is 16.5. The first kappa shape index (κ1) is 24.2. The summed E-state index contributed by atoms with van der Waals surface area (Å²) in [6, 6.07) is 9.72. The Morgan fingerprint density at radius 3 is 2.58 bits per heavy atom. The molecule has 3 aliphatic carbocycles. The molecule has 0 radical (unpaired) electrons. The number of nitrogens with one attached hydrogen (secondary N) is 1. The van der Waals surface area contributed by atoms with Crippen LogP contribution in [0.3, 0.4) is 0 Å². The van der Waals surface area contributed by atoms with Crippen LogP contribution < -0.4 is 10.1 Å². The number of carbonyl (C=O) groups is 1. The van der Waals surface area contributed by atoms with Crippen molar-refractivity contribution >= 4 is 11.6 Å². The predicted molar refractivity (Wildman–Crippen MR) is 135 cm³/mol. The molecule has 7 heteroatoms. The molecule has 1 spiro atoms. The van der Waals surface area contributed by atoms with Gasteiger partial charge in [-0.2, -0.15) is 0 Å². The number of oxime groups is 1. The molecule has 5 aliphatic rings. The van der Waals surface area contributed by atoms with Crippen LogP contribution in [0.25, 0.3) is 0 Å². The number of rotatable bonds is 2. The smallest absolute Gasteiger partial charge is 0.223 e. The van der Waals surface area contributed by atoms with Crippen LogP contribution in [0, 0.1) is 40.4 Å². The molecule has 196 valence electrons. The van der Waals surface area contributed by atoms with Crippen LogP contribution in [0.1, 0.15) is 59.8 Å². The second-order valence-corrected chi connectivity index (χ2v) is 12.9. The normalized spacial score (nSPS) is 48.2. The molecule has 2 aliphatic heterocycles. The number of aliphatic hydroxyl groups is 1. The zero-order valence-electron chi connectivity index (χ0n) is 21.8. The summed E-state index contributed by atoms with van der Waals surface area (Å²) in [7, 11) is 0. The van der Waals surface area contributed by atoms with E-state index in [0.717, 1.165) is 25.0 Å². The number of para-hydroxylation sites is 1. The highest BCUT2D eigenvalue weighted by molar-refractivity contribution is 5.95. The maximum absolute atomic E-state index is 12.6. The van der Waals surface area contributed by atoms with Crippen LogP contribution in [0.2, 0.25) is 0 Å². The van der Waals surface area contributed by atoms with Crippen molar-refractivity contribution in [1.29, 1.82) is 0 Å². The number of carbonyl (C=O) groups excluding carboxylic acids is 1. The summed E-state index contributed by atoms with van der Waals surface area (Å²) < 4.78 is 14.0. The molecular weight excluding hydrogens is 456 g/mol. The maximum atomic E-state index is 12.6. The van der Waals surface area contributed by atoms with E-state index in [4.69, 9.17) is 9.47 Å². The zero-order valence-corrected chi connectivity index (χ0v) is 21.8. The summed E-state index contributed by atoms with van der Waals surface area (Å²) in [5.74, 6) is 1.23. The fourth-order valence-corrected chi connectivity index (χ4v) is 9.11. The first-order valence-corrected chi connectivity index (χ1v) is 13.7. The van der Waals surface area contributed by atoms with Gasteiger partial charge < -0.3 is 25.1 Å². The van der Waals surface area contributed by atoms with Crippen molar-refractivity contribution in [2.45, 2.75) is 83.7 Å². The molecule has 2 saturated heterocycles. The number of amides is 1. The van der Waals surface area contributed by atoms with E-state index in [-0.39, 0.29) is 41.1 Å². The van der Waals surface area contributed by atoms with E-state index in [1.165, 1.54) is 0 Å². The van der Waals surface area contributed by atoms with Gasteiger partial charge in [0.15, 0.2) is 0 Å². The Labute approximate surface area is 213 Å². The average Bonchev–Trinajstić information content (AvgIpc) is 3.20. The first-order chi connectivity index (χ1) is 17.1. The Balaban J connectivity index is 1.46. The van der Waals surface area contributed by atoms with Crippen molar-refractivity contribution < 1.29 is 24.6 Å². The Hall–Kier alpha value is -2.12. The van der Waals surface area contributed by atoms with E-state index in [1.54, 1.807) is 0 Å². The molecule has 1 amide bonds. The van der Waals surface area contributed by atoms with Crippen LogP contribution in [-0.2, 0) is 9.53 Å². The van der Waals surface area contributed by atoms with Gasteiger partial charge in [0, 0.05) is 41.5 Å². The van der Waals surface area contributed by atoms with Gasteiger partial charge in [-0.15, -0.1) is 0 Å². The minimum Gasteiger partial charge on any atom is -0.484 e. The minimum atomic E-state index is -0.538. The van der Waals surface area contributed by atoms with Crippen LogP contribution in [0.5, 0.6) is 5.75 Å². The second kappa shape index (κ2) is 8.19. The first-order valence-electron chi connectivity index (χ1n) is 13.7. The van der Waals surface area contributed by atoms with Crippen molar-refractivity contribution in [3.05, 3.63) is 30.3 Å². The molecule has 10 atom stereocenters. The Morgan fingerprint density at radius 2 is 1.86 bits per heavy atom. The number of benzene rings is 1. The SMILES string of the molecule is CC1CCC2C(C)(C)C(=NO)C(Oc3ccccc3)CC23OC2C(CC13C)C(O)CC1C(=O)NCC12. The highest BCUT2D eigenvalue weighted by Gasteiger charge is 2.72. The Bertz CT molecular complexity index is 1060. The van der Waals surface area contributed by atoms with Crippen LogP contribution in [-0.4, -0.2) is 52.4 Å². The molecule has 6 rings (SSSR count). The van der Waals surface area contributed by atoms with Crippen molar-refractivity contribution in [3.63, 3.8) is 0 Å². The van der Waals surface area contributed by atoms with E-state index in [1.807, 2.05) is 30.3 Å². The fraction of sp³-hybridized carbons (Fsp3) is 0.724. The number of aliphatic hydroxyl groups excluding tert-OH is 1. The summed E-state index contributed by atoms with van der Waals surface area (Å²) in [6.07, 6.45) is 2.88. The number of fused-ring (bicyclic) bond motifs is 3. The summed E-state index contributed by atoms with van der Waals surface area (Å²) in [4.78, 5) is 12.6. The third-order valence-electron chi connectivity index (χ3n) is 11.2. The van der Waals surface area contributed by atoms with Gasteiger partial charge in [-0.3, -0.25) is 4.79 Å². The van der Waals surface area contributed by atoms with Gasteiger partial charge in [0.1, 0.15) is 17.6 Å². The lowest BCUT2D eigenvalue weighted by molar-refractivity contribution is -0.323. The molecule has 2 heterocycles. The van der Waals surface area contributed by atoms with E-state index in [9.17, 15) is 15.1 Å². The quantitative estimate of drug-likeness (QED) is 0.424.